The molecule has 1 aliphatic carbocycles. The summed E-state index contributed by atoms with van der Waals surface area (Å²) in [7, 11) is 0. The molecule has 0 unspecified atom stereocenters. The summed E-state index contributed by atoms with van der Waals surface area (Å²) in [4.78, 5) is 0. The molecule has 90 valence electrons. The molecule has 0 aliphatic heterocycles. The van der Waals surface area contributed by atoms with Crippen molar-refractivity contribution in [1.82, 2.24) is 14.8 Å². The van der Waals surface area contributed by atoms with Crippen LogP contribution in [0.25, 0.3) is 0 Å². The molecule has 1 heterocycles. The van der Waals surface area contributed by atoms with E-state index in [0.717, 1.165) is 11.6 Å². The van der Waals surface area contributed by atoms with Gasteiger partial charge in [-0.05, 0) is 33.6 Å². The van der Waals surface area contributed by atoms with E-state index in [-0.39, 0.29) is 5.54 Å². The van der Waals surface area contributed by atoms with Crippen LogP contribution in [0.3, 0.4) is 0 Å². The van der Waals surface area contributed by atoms with Crippen LogP contribution in [-0.4, -0.2) is 14.8 Å². The van der Waals surface area contributed by atoms with Crippen molar-refractivity contribution in [3.63, 3.8) is 0 Å². The van der Waals surface area contributed by atoms with E-state index < -0.39 is 0 Å². The summed E-state index contributed by atoms with van der Waals surface area (Å²) in [5.74, 6) is 3.07. The van der Waals surface area contributed by atoms with Gasteiger partial charge in [-0.1, -0.05) is 12.8 Å². The molecule has 0 radical (unpaired) electrons. The summed E-state index contributed by atoms with van der Waals surface area (Å²) in [6.07, 6.45) is 5.13. The summed E-state index contributed by atoms with van der Waals surface area (Å²) in [5, 5.41) is 8.59. The number of nitrogens with zero attached hydrogens (tertiary/aromatic N) is 3. The van der Waals surface area contributed by atoms with Gasteiger partial charge in [0.05, 0.1) is 5.88 Å². The van der Waals surface area contributed by atoms with Crippen LogP contribution in [0.1, 0.15) is 64.0 Å². The van der Waals surface area contributed by atoms with Crippen LogP contribution >= 0.6 is 11.6 Å². The molecule has 0 amide bonds. The SMILES string of the molecule is CC(C)(C)n1c(CCl)nnc1C1CCCC1. The van der Waals surface area contributed by atoms with Crippen LogP contribution in [-0.2, 0) is 11.4 Å². The summed E-state index contributed by atoms with van der Waals surface area (Å²) < 4.78 is 2.23. The molecule has 1 aromatic rings. The minimum absolute atomic E-state index is 0.0195. The number of alkyl halides is 1. The van der Waals surface area contributed by atoms with Crippen LogP contribution < -0.4 is 0 Å². The van der Waals surface area contributed by atoms with Crippen molar-refractivity contribution in [1.29, 1.82) is 0 Å². The molecular weight excluding hydrogens is 222 g/mol. The van der Waals surface area contributed by atoms with E-state index in [4.69, 9.17) is 11.6 Å². The predicted octanol–water partition coefficient (Wildman–Crippen LogP) is 3.43. The molecule has 16 heavy (non-hydrogen) atoms. The maximum absolute atomic E-state index is 5.93. The smallest absolute Gasteiger partial charge is 0.148 e. The third kappa shape index (κ3) is 2.10. The summed E-state index contributed by atoms with van der Waals surface area (Å²) >= 11 is 5.93. The van der Waals surface area contributed by atoms with Gasteiger partial charge in [-0.2, -0.15) is 0 Å². The molecule has 0 saturated heterocycles. The van der Waals surface area contributed by atoms with Gasteiger partial charge in [0.15, 0.2) is 0 Å². The summed E-state index contributed by atoms with van der Waals surface area (Å²) in [5.41, 5.74) is 0.0195. The van der Waals surface area contributed by atoms with Crippen LogP contribution in [0, 0.1) is 0 Å². The lowest BCUT2D eigenvalue weighted by molar-refractivity contribution is 0.363. The van der Waals surface area contributed by atoms with Gasteiger partial charge in [-0.15, -0.1) is 21.8 Å². The van der Waals surface area contributed by atoms with Crippen molar-refractivity contribution in [3.05, 3.63) is 11.6 Å². The van der Waals surface area contributed by atoms with E-state index in [9.17, 15) is 0 Å². The highest BCUT2D eigenvalue weighted by Gasteiger charge is 2.29. The number of hydrogen-bond donors (Lipinski definition) is 0. The fraction of sp³-hybridized carbons (Fsp3) is 0.833. The Morgan fingerprint density at radius 2 is 1.88 bits per heavy atom. The van der Waals surface area contributed by atoms with E-state index in [2.05, 4.69) is 35.5 Å². The molecule has 0 bridgehead atoms. The Kier molecular flexibility index (Phi) is 3.24. The maximum atomic E-state index is 5.93. The molecular formula is C12H20ClN3. The second-order valence-electron chi connectivity index (χ2n) is 5.60. The van der Waals surface area contributed by atoms with Crippen molar-refractivity contribution in [2.24, 2.45) is 0 Å². The average Bonchev–Trinajstić information content (AvgIpc) is 2.84. The predicted molar refractivity (Wildman–Crippen MR) is 65.8 cm³/mol. The Balaban J connectivity index is 2.41. The minimum Gasteiger partial charge on any atom is -0.308 e. The van der Waals surface area contributed by atoms with Crippen molar-refractivity contribution in [3.8, 4) is 0 Å². The number of halogens is 1. The Morgan fingerprint density at radius 3 is 2.38 bits per heavy atom. The molecule has 2 rings (SSSR count). The molecule has 0 spiro atoms. The van der Waals surface area contributed by atoms with Crippen molar-refractivity contribution < 1.29 is 0 Å². The van der Waals surface area contributed by atoms with Gasteiger partial charge in [0.1, 0.15) is 11.6 Å². The summed E-state index contributed by atoms with van der Waals surface area (Å²) in [6.45, 7) is 6.56. The Hall–Kier alpha value is -0.570. The minimum atomic E-state index is 0.0195. The van der Waals surface area contributed by atoms with Gasteiger partial charge in [0, 0.05) is 11.5 Å². The molecule has 4 heteroatoms. The lowest BCUT2D eigenvalue weighted by atomic mass is 10.0. The molecule has 0 N–H and O–H groups in total. The van der Waals surface area contributed by atoms with Gasteiger partial charge in [-0.25, -0.2) is 0 Å². The third-order valence-electron chi connectivity index (χ3n) is 3.27. The van der Waals surface area contributed by atoms with E-state index >= 15 is 0 Å². The Bertz CT molecular complexity index is 359. The van der Waals surface area contributed by atoms with Crippen LogP contribution in [0.2, 0.25) is 0 Å². The maximum Gasteiger partial charge on any atom is 0.148 e. The number of aromatic nitrogens is 3. The largest absolute Gasteiger partial charge is 0.308 e. The number of rotatable bonds is 2. The highest BCUT2D eigenvalue weighted by molar-refractivity contribution is 6.16. The molecule has 1 saturated carbocycles. The standard InChI is InChI=1S/C12H20ClN3/c1-12(2,3)16-10(8-13)14-15-11(16)9-6-4-5-7-9/h9H,4-8H2,1-3H3. The summed E-state index contributed by atoms with van der Waals surface area (Å²) in [6, 6.07) is 0. The van der Waals surface area contributed by atoms with Crippen LogP contribution in [0.4, 0.5) is 0 Å². The first-order chi connectivity index (χ1) is 7.54. The first kappa shape index (κ1) is 11.9. The van der Waals surface area contributed by atoms with Gasteiger partial charge < -0.3 is 4.57 Å². The first-order valence-corrected chi connectivity index (χ1v) is 6.58. The van der Waals surface area contributed by atoms with Gasteiger partial charge >= 0.3 is 0 Å². The van der Waals surface area contributed by atoms with Crippen LogP contribution in [0.15, 0.2) is 0 Å². The lowest BCUT2D eigenvalue weighted by Gasteiger charge is -2.26. The second-order valence-corrected chi connectivity index (χ2v) is 5.86. The van der Waals surface area contributed by atoms with Crippen LogP contribution in [0.5, 0.6) is 0 Å². The van der Waals surface area contributed by atoms with Gasteiger partial charge in [0.2, 0.25) is 0 Å². The molecule has 0 aromatic carbocycles. The highest BCUT2D eigenvalue weighted by Crippen LogP contribution is 2.35. The molecule has 0 atom stereocenters. The zero-order valence-corrected chi connectivity index (χ0v) is 11.1. The topological polar surface area (TPSA) is 30.7 Å². The Labute approximate surface area is 102 Å². The van der Waals surface area contributed by atoms with E-state index in [1.807, 2.05) is 0 Å². The zero-order chi connectivity index (χ0) is 11.8. The first-order valence-electron chi connectivity index (χ1n) is 6.04. The van der Waals surface area contributed by atoms with E-state index in [1.54, 1.807) is 0 Å². The lowest BCUT2D eigenvalue weighted by Crippen LogP contribution is -2.27. The van der Waals surface area contributed by atoms with Crippen molar-refractivity contribution in [2.75, 3.05) is 0 Å². The molecule has 3 nitrogen and oxygen atoms in total. The Morgan fingerprint density at radius 1 is 1.25 bits per heavy atom. The fourth-order valence-electron chi connectivity index (χ4n) is 2.60. The van der Waals surface area contributed by atoms with Gasteiger partial charge in [-0.3, -0.25) is 0 Å². The third-order valence-corrected chi connectivity index (χ3v) is 3.50. The van der Waals surface area contributed by atoms with E-state index in [1.165, 1.54) is 25.7 Å². The normalized spacial score (nSPS) is 18.2. The number of hydrogen-bond acceptors (Lipinski definition) is 2. The quantitative estimate of drug-likeness (QED) is 0.743. The zero-order valence-electron chi connectivity index (χ0n) is 10.3. The van der Waals surface area contributed by atoms with E-state index in [0.29, 0.717) is 11.8 Å². The monoisotopic (exact) mass is 241 g/mol. The average molecular weight is 242 g/mol. The molecule has 1 aliphatic rings. The fourth-order valence-corrected chi connectivity index (χ4v) is 2.77. The second kappa shape index (κ2) is 4.36. The highest BCUT2D eigenvalue weighted by atomic mass is 35.5. The molecule has 1 aromatic heterocycles. The van der Waals surface area contributed by atoms with Crippen molar-refractivity contribution in [2.45, 2.75) is 63.8 Å². The molecule has 1 fully saturated rings. The van der Waals surface area contributed by atoms with Crippen molar-refractivity contribution >= 4 is 11.6 Å². The van der Waals surface area contributed by atoms with Gasteiger partial charge in [0.25, 0.3) is 0 Å².